The largest absolute Gasteiger partial charge is 0.497 e. The lowest BCUT2D eigenvalue weighted by molar-refractivity contribution is 0.402. The van der Waals surface area contributed by atoms with Crippen molar-refractivity contribution in [1.29, 1.82) is 0 Å². The highest BCUT2D eigenvalue weighted by atomic mass is 79.9. The smallest absolute Gasteiger partial charge is 0.268 e. The molecule has 1 unspecified atom stereocenters. The molecule has 150 valence electrons. The van der Waals surface area contributed by atoms with Crippen LogP contribution in [-0.4, -0.2) is 43.9 Å². The number of hydrogen-bond acceptors (Lipinski definition) is 5. The summed E-state index contributed by atoms with van der Waals surface area (Å²) in [4.78, 5) is 3.30. The van der Waals surface area contributed by atoms with E-state index in [2.05, 4.69) is 27.8 Å². The van der Waals surface area contributed by atoms with Crippen molar-refractivity contribution in [2.75, 3.05) is 21.2 Å². The van der Waals surface area contributed by atoms with Crippen molar-refractivity contribution in [3.8, 4) is 5.75 Å². The number of thioether (sulfide) groups is 1. The zero-order chi connectivity index (χ0) is 20.6. The van der Waals surface area contributed by atoms with E-state index in [0.717, 1.165) is 14.8 Å². The molecule has 8 heteroatoms. The van der Waals surface area contributed by atoms with Gasteiger partial charge >= 0.3 is 0 Å². The third kappa shape index (κ3) is 3.83. The molecule has 0 aliphatic rings. The number of halogens is 1. The van der Waals surface area contributed by atoms with Crippen LogP contribution in [0, 0.1) is 6.92 Å². The second kappa shape index (κ2) is 8.10. The van der Waals surface area contributed by atoms with Crippen molar-refractivity contribution in [3.63, 3.8) is 0 Å². The van der Waals surface area contributed by atoms with Gasteiger partial charge in [-0.3, -0.25) is 4.90 Å². The topological polar surface area (TPSA) is 51.5 Å². The average Bonchev–Trinajstić information content (AvgIpc) is 2.93. The van der Waals surface area contributed by atoms with Crippen molar-refractivity contribution < 1.29 is 13.2 Å². The molecule has 1 aromatic heterocycles. The Hall–Kier alpha value is -1.48. The second-order valence-corrected chi connectivity index (χ2v) is 10.7. The molecule has 3 aromatic rings. The Labute approximate surface area is 178 Å². The fourth-order valence-corrected chi connectivity index (χ4v) is 6.01. The first-order valence-corrected chi connectivity index (χ1v) is 11.8. The molecule has 0 amide bonds. The molecule has 1 atom stereocenters. The molecule has 0 spiro atoms. The minimum Gasteiger partial charge on any atom is -0.497 e. The lowest BCUT2D eigenvalue weighted by atomic mass is 10.2. The summed E-state index contributed by atoms with van der Waals surface area (Å²) in [6.07, 6.45) is 0. The Morgan fingerprint density at radius 1 is 1.14 bits per heavy atom. The summed E-state index contributed by atoms with van der Waals surface area (Å²) in [5, 5.41) is 1.11. The third-order valence-electron chi connectivity index (χ3n) is 4.67. The molecule has 0 saturated carbocycles. The van der Waals surface area contributed by atoms with Crippen LogP contribution in [0.2, 0.25) is 0 Å². The van der Waals surface area contributed by atoms with Crippen LogP contribution < -0.4 is 4.74 Å². The first-order valence-electron chi connectivity index (χ1n) is 8.70. The molecule has 5 nitrogen and oxygen atoms in total. The number of benzene rings is 2. The van der Waals surface area contributed by atoms with Crippen LogP contribution in [0.25, 0.3) is 10.9 Å². The molecule has 3 rings (SSSR count). The van der Waals surface area contributed by atoms with Crippen molar-refractivity contribution >= 4 is 48.6 Å². The molecule has 0 fully saturated rings. The maximum absolute atomic E-state index is 13.5. The number of ether oxygens (including phenoxy) is 1. The van der Waals surface area contributed by atoms with E-state index in [1.54, 1.807) is 43.1 Å². The molecule has 2 aromatic carbocycles. The van der Waals surface area contributed by atoms with Gasteiger partial charge in [-0.05, 0) is 70.4 Å². The van der Waals surface area contributed by atoms with E-state index in [1.165, 1.54) is 3.97 Å². The van der Waals surface area contributed by atoms with Gasteiger partial charge in [0.25, 0.3) is 10.0 Å². The van der Waals surface area contributed by atoms with Crippen LogP contribution in [0.1, 0.15) is 12.6 Å². The van der Waals surface area contributed by atoms with Gasteiger partial charge in [0, 0.05) is 20.4 Å². The van der Waals surface area contributed by atoms with Gasteiger partial charge in [-0.15, -0.1) is 11.8 Å². The van der Waals surface area contributed by atoms with Crippen molar-refractivity contribution in [2.24, 2.45) is 0 Å². The van der Waals surface area contributed by atoms with E-state index in [1.807, 2.05) is 39.2 Å². The Bertz CT molecular complexity index is 1110. The monoisotopic (exact) mass is 482 g/mol. The van der Waals surface area contributed by atoms with E-state index in [-0.39, 0.29) is 10.3 Å². The molecule has 0 saturated heterocycles. The molecule has 0 N–H and O–H groups in total. The summed E-state index contributed by atoms with van der Waals surface area (Å²) in [5.74, 6) is 0.619. The zero-order valence-electron chi connectivity index (χ0n) is 16.4. The minimum absolute atomic E-state index is 0.195. The van der Waals surface area contributed by atoms with Gasteiger partial charge < -0.3 is 4.74 Å². The fourth-order valence-electron chi connectivity index (χ4n) is 2.92. The quantitative estimate of drug-likeness (QED) is 0.367. The maximum Gasteiger partial charge on any atom is 0.268 e. The van der Waals surface area contributed by atoms with E-state index < -0.39 is 10.0 Å². The number of rotatable bonds is 6. The Balaban J connectivity index is 2.24. The molecule has 0 bridgehead atoms. The first-order chi connectivity index (χ1) is 13.2. The summed E-state index contributed by atoms with van der Waals surface area (Å²) in [6, 6.07) is 12.2. The van der Waals surface area contributed by atoms with Gasteiger partial charge in [0.1, 0.15) is 5.75 Å². The summed E-state index contributed by atoms with van der Waals surface area (Å²) >= 11 is 5.17. The predicted octanol–water partition coefficient (Wildman–Crippen LogP) is 4.96. The Kier molecular flexibility index (Phi) is 6.14. The SMILES string of the molecule is COc1ccc(S(=O)(=O)n2c(C)c(SC(C)N(C)C)c3cc(Br)ccc32)cc1. The van der Waals surface area contributed by atoms with Crippen molar-refractivity contribution in [3.05, 3.63) is 52.6 Å². The molecular weight excluding hydrogens is 460 g/mol. The summed E-state index contributed by atoms with van der Waals surface area (Å²) < 4.78 is 34.5. The van der Waals surface area contributed by atoms with Crippen LogP contribution in [-0.2, 0) is 10.0 Å². The van der Waals surface area contributed by atoms with E-state index in [0.29, 0.717) is 17.0 Å². The summed E-state index contributed by atoms with van der Waals surface area (Å²) in [5.41, 5.74) is 1.38. The van der Waals surface area contributed by atoms with Gasteiger partial charge in [0.2, 0.25) is 0 Å². The van der Waals surface area contributed by atoms with Crippen LogP contribution in [0.3, 0.4) is 0 Å². The number of nitrogens with zero attached hydrogens (tertiary/aromatic N) is 2. The minimum atomic E-state index is -3.75. The average molecular weight is 483 g/mol. The number of fused-ring (bicyclic) bond motifs is 1. The van der Waals surface area contributed by atoms with Gasteiger partial charge in [0.05, 0.1) is 22.9 Å². The lowest BCUT2D eigenvalue weighted by Gasteiger charge is -2.19. The summed E-state index contributed by atoms with van der Waals surface area (Å²) in [7, 11) is 1.83. The van der Waals surface area contributed by atoms with E-state index in [9.17, 15) is 8.42 Å². The molecular formula is C20H23BrN2O3S2. The Morgan fingerprint density at radius 2 is 1.79 bits per heavy atom. The highest BCUT2D eigenvalue weighted by molar-refractivity contribution is 9.10. The maximum atomic E-state index is 13.5. The molecule has 1 heterocycles. The fraction of sp³-hybridized carbons (Fsp3) is 0.300. The summed E-state index contributed by atoms with van der Waals surface area (Å²) in [6.45, 7) is 3.96. The highest BCUT2D eigenvalue weighted by Gasteiger charge is 2.26. The molecule has 0 aliphatic heterocycles. The standard InChI is InChI=1S/C20H23BrN2O3S2/c1-13-20(27-14(2)22(3)4)18-12-15(21)6-11-19(18)23(13)28(24,25)17-9-7-16(26-5)8-10-17/h6-12,14H,1-5H3. The number of methoxy groups -OCH3 is 1. The second-order valence-electron chi connectivity index (χ2n) is 6.70. The lowest BCUT2D eigenvalue weighted by Crippen LogP contribution is -2.21. The van der Waals surface area contributed by atoms with Crippen LogP contribution >= 0.6 is 27.7 Å². The van der Waals surface area contributed by atoms with E-state index >= 15 is 0 Å². The van der Waals surface area contributed by atoms with Gasteiger partial charge in [-0.25, -0.2) is 12.4 Å². The van der Waals surface area contributed by atoms with E-state index in [4.69, 9.17) is 4.74 Å². The number of aromatic nitrogens is 1. The number of hydrogen-bond donors (Lipinski definition) is 0. The molecule has 28 heavy (non-hydrogen) atoms. The highest BCUT2D eigenvalue weighted by Crippen LogP contribution is 2.39. The first kappa shape index (κ1) is 21.2. The van der Waals surface area contributed by atoms with Crippen molar-refractivity contribution in [2.45, 2.75) is 29.0 Å². The Morgan fingerprint density at radius 3 is 2.36 bits per heavy atom. The predicted molar refractivity (Wildman–Crippen MR) is 119 cm³/mol. The zero-order valence-corrected chi connectivity index (χ0v) is 19.7. The van der Waals surface area contributed by atoms with Gasteiger partial charge in [0.15, 0.2) is 0 Å². The van der Waals surface area contributed by atoms with Crippen molar-refractivity contribution in [1.82, 2.24) is 8.87 Å². The molecule has 0 radical (unpaired) electrons. The van der Waals surface area contributed by atoms with Crippen LogP contribution in [0.4, 0.5) is 0 Å². The normalized spacial score (nSPS) is 13.2. The molecule has 0 aliphatic carbocycles. The van der Waals surface area contributed by atoms with Crippen LogP contribution in [0.15, 0.2) is 56.7 Å². The van der Waals surface area contributed by atoms with Gasteiger partial charge in [-0.1, -0.05) is 15.9 Å². The third-order valence-corrected chi connectivity index (χ3v) is 8.49. The van der Waals surface area contributed by atoms with Crippen LogP contribution in [0.5, 0.6) is 5.75 Å². The van der Waals surface area contributed by atoms with Gasteiger partial charge in [-0.2, -0.15) is 0 Å².